The average Bonchev–Trinajstić information content (AvgIpc) is 2.81. The van der Waals surface area contributed by atoms with E-state index in [1.54, 1.807) is 0 Å². The summed E-state index contributed by atoms with van der Waals surface area (Å²) in [6, 6.07) is 11.9. The maximum atomic E-state index is 5.46. The Morgan fingerprint density at radius 3 is 2.65 bits per heavy atom. The molecule has 2 aliphatic heterocycles. The van der Waals surface area contributed by atoms with Crippen LogP contribution in [0.3, 0.4) is 0 Å². The van der Waals surface area contributed by atoms with E-state index in [-0.39, 0.29) is 0 Å². The molecule has 31 heavy (non-hydrogen) atoms. The van der Waals surface area contributed by atoms with Gasteiger partial charge in [-0.3, -0.25) is 14.8 Å². The highest BCUT2D eigenvalue weighted by Gasteiger charge is 2.26. The number of nitrogens with one attached hydrogen (secondary N) is 2. The zero-order chi connectivity index (χ0) is 21.9. The van der Waals surface area contributed by atoms with Crippen LogP contribution in [-0.4, -0.2) is 106 Å². The molecule has 1 aromatic carbocycles. The summed E-state index contributed by atoms with van der Waals surface area (Å²) in [4.78, 5) is 12.4. The molecule has 7 heteroatoms. The number of ether oxygens (including phenoxy) is 1. The van der Waals surface area contributed by atoms with Gasteiger partial charge in [0.1, 0.15) is 0 Å². The van der Waals surface area contributed by atoms with Crippen LogP contribution in [-0.2, 0) is 4.74 Å². The van der Waals surface area contributed by atoms with Gasteiger partial charge in [0, 0.05) is 64.4 Å². The molecule has 2 N–H and O–H groups in total. The van der Waals surface area contributed by atoms with E-state index in [2.05, 4.69) is 76.6 Å². The third kappa shape index (κ3) is 7.75. The normalized spacial score (nSPS) is 22.9. The Balaban J connectivity index is 1.45. The van der Waals surface area contributed by atoms with Crippen molar-refractivity contribution in [2.75, 3.05) is 79.2 Å². The van der Waals surface area contributed by atoms with Crippen LogP contribution in [0.25, 0.3) is 0 Å². The summed E-state index contributed by atoms with van der Waals surface area (Å²) in [7, 11) is 2.23. The Bertz CT molecular complexity index is 649. The van der Waals surface area contributed by atoms with Gasteiger partial charge in [0.05, 0.1) is 19.8 Å². The molecule has 174 valence electrons. The summed E-state index contributed by atoms with van der Waals surface area (Å²) in [6.07, 6.45) is 1.11. The van der Waals surface area contributed by atoms with Crippen molar-refractivity contribution >= 4 is 5.96 Å². The van der Waals surface area contributed by atoms with E-state index in [1.807, 2.05) is 0 Å². The number of morpholine rings is 1. The number of benzene rings is 1. The predicted octanol–water partition coefficient (Wildman–Crippen LogP) is 1.64. The topological polar surface area (TPSA) is 55.4 Å². The van der Waals surface area contributed by atoms with Crippen LogP contribution in [0.4, 0.5) is 0 Å². The molecule has 7 nitrogen and oxygen atoms in total. The molecule has 2 heterocycles. The zero-order valence-corrected chi connectivity index (χ0v) is 19.7. The third-order valence-electron chi connectivity index (χ3n) is 6.32. The average molecular weight is 431 g/mol. The lowest BCUT2D eigenvalue weighted by molar-refractivity contribution is 0.0220. The molecule has 0 bridgehead atoms. The standard InChI is InChI=1S/C24H42N6O/c1-4-25-24(27-19-21(2)29-15-17-31-18-16-29)26-11-8-12-30-14-13-28(3)20-23(30)22-9-6-5-7-10-22/h5-7,9-10,21,23H,4,8,11-20H2,1-3H3,(H2,25,26,27). The van der Waals surface area contributed by atoms with Crippen LogP contribution in [0.15, 0.2) is 35.3 Å². The molecular weight excluding hydrogens is 388 g/mol. The van der Waals surface area contributed by atoms with Gasteiger partial charge >= 0.3 is 0 Å². The van der Waals surface area contributed by atoms with Crippen LogP contribution >= 0.6 is 0 Å². The van der Waals surface area contributed by atoms with Gasteiger partial charge in [0.15, 0.2) is 5.96 Å². The molecule has 2 atom stereocenters. The Kier molecular flexibility index (Phi) is 10.1. The fraction of sp³-hybridized carbons (Fsp3) is 0.708. The summed E-state index contributed by atoms with van der Waals surface area (Å²) < 4.78 is 5.46. The molecule has 0 saturated carbocycles. The smallest absolute Gasteiger partial charge is 0.191 e. The monoisotopic (exact) mass is 430 g/mol. The fourth-order valence-electron chi connectivity index (χ4n) is 4.40. The molecule has 2 fully saturated rings. The summed E-state index contributed by atoms with van der Waals surface area (Å²) >= 11 is 0. The Morgan fingerprint density at radius 2 is 1.90 bits per heavy atom. The summed E-state index contributed by atoms with van der Waals surface area (Å²) in [5.41, 5.74) is 1.43. The summed E-state index contributed by atoms with van der Waals surface area (Å²) in [5, 5.41) is 6.94. The number of likely N-dealkylation sites (N-methyl/N-ethyl adjacent to an activating group) is 1. The quantitative estimate of drug-likeness (QED) is 0.353. The van der Waals surface area contributed by atoms with Crippen LogP contribution in [0.5, 0.6) is 0 Å². The lowest BCUT2D eigenvalue weighted by Gasteiger charge is -2.40. The highest BCUT2D eigenvalue weighted by atomic mass is 16.5. The second-order valence-corrected chi connectivity index (χ2v) is 8.72. The van der Waals surface area contributed by atoms with Gasteiger partial charge in [-0.05, 0) is 32.9 Å². The number of piperazine rings is 1. The third-order valence-corrected chi connectivity index (χ3v) is 6.32. The first-order valence-electron chi connectivity index (χ1n) is 12.0. The van der Waals surface area contributed by atoms with E-state index in [9.17, 15) is 0 Å². The minimum absolute atomic E-state index is 0.441. The first-order valence-corrected chi connectivity index (χ1v) is 12.0. The number of hydrogen-bond acceptors (Lipinski definition) is 5. The SMILES string of the molecule is CCNC(=NCC(C)N1CCOCC1)NCCCN1CCN(C)CC1c1ccccc1. The molecule has 0 aliphatic carbocycles. The van der Waals surface area contributed by atoms with E-state index < -0.39 is 0 Å². The molecule has 0 radical (unpaired) electrons. The van der Waals surface area contributed by atoms with Gasteiger partial charge in [-0.15, -0.1) is 0 Å². The lowest BCUT2D eigenvalue weighted by atomic mass is 10.0. The van der Waals surface area contributed by atoms with Crippen molar-refractivity contribution in [2.24, 2.45) is 4.99 Å². The van der Waals surface area contributed by atoms with Gasteiger partial charge in [-0.2, -0.15) is 0 Å². The maximum absolute atomic E-state index is 5.46. The molecule has 2 unspecified atom stereocenters. The lowest BCUT2D eigenvalue weighted by Crippen LogP contribution is -2.47. The van der Waals surface area contributed by atoms with E-state index in [0.717, 1.165) is 84.5 Å². The Morgan fingerprint density at radius 1 is 1.13 bits per heavy atom. The summed E-state index contributed by atoms with van der Waals surface area (Å²) in [6.45, 7) is 15.2. The van der Waals surface area contributed by atoms with Gasteiger partial charge in [0.2, 0.25) is 0 Å². The fourth-order valence-corrected chi connectivity index (χ4v) is 4.40. The van der Waals surface area contributed by atoms with Crippen molar-refractivity contribution in [2.45, 2.75) is 32.4 Å². The first-order chi connectivity index (χ1) is 15.2. The van der Waals surface area contributed by atoms with E-state index in [0.29, 0.717) is 12.1 Å². The molecule has 3 rings (SSSR count). The van der Waals surface area contributed by atoms with Crippen molar-refractivity contribution in [1.82, 2.24) is 25.3 Å². The van der Waals surface area contributed by atoms with Crippen molar-refractivity contribution in [1.29, 1.82) is 0 Å². The second kappa shape index (κ2) is 13.0. The van der Waals surface area contributed by atoms with Crippen molar-refractivity contribution in [3.63, 3.8) is 0 Å². The number of nitrogens with zero attached hydrogens (tertiary/aromatic N) is 4. The first kappa shape index (κ1) is 24.0. The van der Waals surface area contributed by atoms with E-state index in [1.165, 1.54) is 5.56 Å². The number of guanidine groups is 1. The molecule has 2 aliphatic rings. The number of rotatable bonds is 9. The van der Waals surface area contributed by atoms with Crippen LogP contribution in [0.2, 0.25) is 0 Å². The molecule has 0 amide bonds. The summed E-state index contributed by atoms with van der Waals surface area (Å²) in [5.74, 6) is 0.931. The molecular formula is C24H42N6O. The highest BCUT2D eigenvalue weighted by Crippen LogP contribution is 2.24. The van der Waals surface area contributed by atoms with Gasteiger partial charge in [-0.1, -0.05) is 30.3 Å². The van der Waals surface area contributed by atoms with Gasteiger partial charge in [0.25, 0.3) is 0 Å². The van der Waals surface area contributed by atoms with Crippen LogP contribution in [0, 0.1) is 0 Å². The predicted molar refractivity (Wildman–Crippen MR) is 129 cm³/mol. The van der Waals surface area contributed by atoms with E-state index in [4.69, 9.17) is 9.73 Å². The second-order valence-electron chi connectivity index (χ2n) is 8.72. The van der Waals surface area contributed by atoms with Crippen molar-refractivity contribution < 1.29 is 4.74 Å². The van der Waals surface area contributed by atoms with Crippen LogP contribution < -0.4 is 10.6 Å². The van der Waals surface area contributed by atoms with E-state index >= 15 is 0 Å². The maximum Gasteiger partial charge on any atom is 0.191 e. The molecule has 1 aromatic rings. The van der Waals surface area contributed by atoms with Gasteiger partial charge in [-0.25, -0.2) is 0 Å². The Labute approximate surface area is 188 Å². The van der Waals surface area contributed by atoms with Crippen LogP contribution in [0.1, 0.15) is 31.9 Å². The van der Waals surface area contributed by atoms with Gasteiger partial charge < -0.3 is 20.3 Å². The van der Waals surface area contributed by atoms with Crippen molar-refractivity contribution in [3.8, 4) is 0 Å². The molecule has 0 aromatic heterocycles. The zero-order valence-electron chi connectivity index (χ0n) is 19.7. The minimum Gasteiger partial charge on any atom is -0.379 e. The molecule has 2 saturated heterocycles. The number of aliphatic imine (C=N–C) groups is 1. The minimum atomic E-state index is 0.441. The molecule has 0 spiro atoms. The Hall–Kier alpha value is -1.67. The number of hydrogen-bond donors (Lipinski definition) is 2. The van der Waals surface area contributed by atoms with Crippen molar-refractivity contribution in [3.05, 3.63) is 35.9 Å². The highest BCUT2D eigenvalue weighted by molar-refractivity contribution is 5.79. The largest absolute Gasteiger partial charge is 0.379 e.